The van der Waals surface area contributed by atoms with E-state index in [4.69, 9.17) is 14.9 Å². The number of hydrogen-bond acceptors (Lipinski definition) is 5. The minimum Gasteiger partial charge on any atom is -0.466 e. The Kier molecular flexibility index (Phi) is 4.75. The lowest BCUT2D eigenvalue weighted by atomic mass is 10.0. The molecule has 1 amide bonds. The smallest absolute Gasteiger partial charge is 0.236 e. The quantitative estimate of drug-likeness (QED) is 0.897. The minimum absolute atomic E-state index is 0.0101. The predicted molar refractivity (Wildman–Crippen MR) is 87.2 cm³/mol. The van der Waals surface area contributed by atoms with Crippen LogP contribution in [-0.4, -0.2) is 66.7 Å². The van der Waals surface area contributed by atoms with E-state index in [0.29, 0.717) is 19.6 Å². The molecule has 0 bridgehead atoms. The van der Waals surface area contributed by atoms with Gasteiger partial charge in [-0.3, -0.25) is 9.69 Å². The van der Waals surface area contributed by atoms with Crippen molar-refractivity contribution in [3.05, 3.63) is 23.7 Å². The molecule has 1 aromatic rings. The summed E-state index contributed by atoms with van der Waals surface area (Å²) in [7, 11) is 0. The van der Waals surface area contributed by atoms with E-state index in [1.807, 2.05) is 37.8 Å². The van der Waals surface area contributed by atoms with Crippen molar-refractivity contribution in [2.45, 2.75) is 44.9 Å². The van der Waals surface area contributed by atoms with Crippen molar-refractivity contribution in [3.8, 4) is 0 Å². The maximum absolute atomic E-state index is 12.6. The van der Waals surface area contributed by atoms with Gasteiger partial charge in [0.1, 0.15) is 11.5 Å². The van der Waals surface area contributed by atoms with E-state index >= 15 is 0 Å². The monoisotopic (exact) mass is 321 g/mol. The normalized spacial score (nSPS) is 32.4. The van der Waals surface area contributed by atoms with Crippen LogP contribution in [0.25, 0.3) is 0 Å². The number of morpholine rings is 1. The molecule has 0 unspecified atom stereocenters. The molecule has 3 heterocycles. The van der Waals surface area contributed by atoms with E-state index in [1.54, 1.807) is 0 Å². The van der Waals surface area contributed by atoms with Gasteiger partial charge >= 0.3 is 0 Å². The van der Waals surface area contributed by atoms with E-state index in [9.17, 15) is 4.79 Å². The van der Waals surface area contributed by atoms with Gasteiger partial charge in [0.25, 0.3) is 0 Å². The van der Waals surface area contributed by atoms with Crippen molar-refractivity contribution in [3.63, 3.8) is 0 Å². The minimum atomic E-state index is 0.0101. The number of carbonyl (C=O) groups excluding carboxylic acids is 1. The third-order valence-electron chi connectivity index (χ3n) is 4.70. The summed E-state index contributed by atoms with van der Waals surface area (Å²) in [5, 5.41) is 0. The second-order valence-corrected chi connectivity index (χ2v) is 6.97. The molecule has 2 N–H and O–H groups in total. The Morgan fingerprint density at radius 2 is 1.91 bits per heavy atom. The second kappa shape index (κ2) is 6.63. The first-order valence-electron chi connectivity index (χ1n) is 8.40. The zero-order chi connectivity index (χ0) is 16.6. The van der Waals surface area contributed by atoms with Gasteiger partial charge < -0.3 is 19.8 Å². The lowest BCUT2D eigenvalue weighted by molar-refractivity contribution is -0.144. The fourth-order valence-corrected chi connectivity index (χ4v) is 3.67. The Bertz CT molecular complexity index is 549. The van der Waals surface area contributed by atoms with Gasteiger partial charge in [-0.1, -0.05) is 0 Å². The summed E-state index contributed by atoms with van der Waals surface area (Å²) < 4.78 is 11.4. The van der Waals surface area contributed by atoms with E-state index in [-0.39, 0.29) is 30.1 Å². The maximum atomic E-state index is 12.6. The zero-order valence-electron chi connectivity index (χ0n) is 14.2. The molecule has 4 atom stereocenters. The molecule has 0 saturated carbocycles. The van der Waals surface area contributed by atoms with Crippen LogP contribution in [0.5, 0.6) is 0 Å². The maximum Gasteiger partial charge on any atom is 0.236 e. The number of hydrogen-bond donors (Lipinski definition) is 1. The van der Waals surface area contributed by atoms with E-state index < -0.39 is 0 Å². The fraction of sp³-hybridized carbons (Fsp3) is 0.706. The standard InChI is InChI=1S/C17H27N3O3/c1-11-4-5-16(23-11)14-8-19(9-15(14)18)10-17(21)20-6-12(2)22-13(3)7-20/h4-5,12-15H,6-10,18H2,1-3H3/t12-,13+,14-,15-/m1/s1. The molecular formula is C17H27N3O3. The number of likely N-dealkylation sites (tertiary alicyclic amines) is 1. The van der Waals surface area contributed by atoms with Gasteiger partial charge in [-0.05, 0) is 32.9 Å². The first-order valence-corrected chi connectivity index (χ1v) is 8.40. The molecule has 1 aromatic heterocycles. The molecule has 2 saturated heterocycles. The van der Waals surface area contributed by atoms with Gasteiger partial charge in [0.15, 0.2) is 0 Å². The molecule has 0 radical (unpaired) electrons. The highest BCUT2D eigenvalue weighted by Gasteiger charge is 2.35. The van der Waals surface area contributed by atoms with Crippen molar-refractivity contribution in [2.24, 2.45) is 5.73 Å². The topological polar surface area (TPSA) is 71.9 Å². The van der Waals surface area contributed by atoms with Crippen molar-refractivity contribution in [1.82, 2.24) is 9.80 Å². The molecule has 0 aromatic carbocycles. The molecule has 3 rings (SSSR count). The summed E-state index contributed by atoms with van der Waals surface area (Å²) in [5.74, 6) is 2.16. The fourth-order valence-electron chi connectivity index (χ4n) is 3.67. The van der Waals surface area contributed by atoms with Crippen LogP contribution < -0.4 is 5.73 Å². The van der Waals surface area contributed by atoms with Gasteiger partial charge in [-0.15, -0.1) is 0 Å². The predicted octanol–water partition coefficient (Wildman–Crippen LogP) is 0.950. The Morgan fingerprint density at radius 1 is 1.22 bits per heavy atom. The summed E-state index contributed by atoms with van der Waals surface area (Å²) in [4.78, 5) is 16.6. The molecule has 2 fully saturated rings. The summed E-state index contributed by atoms with van der Waals surface area (Å²) in [6.07, 6.45) is 0.199. The molecule has 6 heteroatoms. The summed E-state index contributed by atoms with van der Waals surface area (Å²) in [5.41, 5.74) is 6.26. The summed E-state index contributed by atoms with van der Waals surface area (Å²) in [6.45, 7) is 9.22. The van der Waals surface area contributed by atoms with Crippen LogP contribution in [0.2, 0.25) is 0 Å². The third-order valence-corrected chi connectivity index (χ3v) is 4.70. The summed E-state index contributed by atoms with van der Waals surface area (Å²) in [6, 6.07) is 3.97. The third kappa shape index (κ3) is 3.76. The molecule has 128 valence electrons. The largest absolute Gasteiger partial charge is 0.466 e. The van der Waals surface area contributed by atoms with Gasteiger partial charge in [-0.25, -0.2) is 0 Å². The Hall–Kier alpha value is -1.37. The first-order chi connectivity index (χ1) is 10.9. The highest BCUT2D eigenvalue weighted by Crippen LogP contribution is 2.28. The molecular weight excluding hydrogens is 294 g/mol. The zero-order valence-corrected chi connectivity index (χ0v) is 14.2. The van der Waals surface area contributed by atoms with Gasteiger partial charge in [-0.2, -0.15) is 0 Å². The first kappa shape index (κ1) is 16.5. The number of carbonyl (C=O) groups is 1. The van der Waals surface area contributed by atoms with Crippen LogP contribution in [0.4, 0.5) is 0 Å². The average molecular weight is 321 g/mol. The number of amides is 1. The number of ether oxygens (including phenoxy) is 1. The van der Waals surface area contributed by atoms with Crippen LogP contribution in [0.1, 0.15) is 31.3 Å². The molecule has 23 heavy (non-hydrogen) atoms. The van der Waals surface area contributed by atoms with Gasteiger partial charge in [0, 0.05) is 38.1 Å². The van der Waals surface area contributed by atoms with Crippen LogP contribution in [0, 0.1) is 6.92 Å². The molecule has 2 aliphatic heterocycles. The Morgan fingerprint density at radius 3 is 2.52 bits per heavy atom. The van der Waals surface area contributed by atoms with Gasteiger partial charge in [0.05, 0.1) is 18.8 Å². The van der Waals surface area contributed by atoms with Crippen molar-refractivity contribution in [2.75, 3.05) is 32.7 Å². The number of aryl methyl sites for hydroxylation is 1. The summed E-state index contributed by atoms with van der Waals surface area (Å²) >= 11 is 0. The van der Waals surface area contributed by atoms with E-state index in [2.05, 4.69) is 4.90 Å². The SMILES string of the molecule is Cc1ccc([C@@H]2CN(CC(=O)N3C[C@@H](C)O[C@@H](C)C3)C[C@H]2N)o1. The van der Waals surface area contributed by atoms with Crippen molar-refractivity contribution >= 4 is 5.91 Å². The molecule has 2 aliphatic rings. The van der Waals surface area contributed by atoms with E-state index in [1.165, 1.54) is 0 Å². The van der Waals surface area contributed by atoms with Crippen molar-refractivity contribution < 1.29 is 13.9 Å². The highest BCUT2D eigenvalue weighted by molar-refractivity contribution is 5.78. The van der Waals surface area contributed by atoms with Crippen LogP contribution in [-0.2, 0) is 9.53 Å². The van der Waals surface area contributed by atoms with Crippen LogP contribution in [0.3, 0.4) is 0 Å². The molecule has 0 aliphatic carbocycles. The Labute approximate surface area is 137 Å². The second-order valence-electron chi connectivity index (χ2n) is 6.97. The highest BCUT2D eigenvalue weighted by atomic mass is 16.5. The number of nitrogens with two attached hydrogens (primary N) is 1. The van der Waals surface area contributed by atoms with E-state index in [0.717, 1.165) is 24.6 Å². The van der Waals surface area contributed by atoms with Crippen molar-refractivity contribution in [1.29, 1.82) is 0 Å². The Balaban J connectivity index is 1.57. The van der Waals surface area contributed by atoms with Crippen LogP contribution in [0.15, 0.2) is 16.5 Å². The van der Waals surface area contributed by atoms with Gasteiger partial charge in [0.2, 0.25) is 5.91 Å². The van der Waals surface area contributed by atoms with Crippen LogP contribution >= 0.6 is 0 Å². The lowest BCUT2D eigenvalue weighted by Gasteiger charge is -2.36. The lowest BCUT2D eigenvalue weighted by Crippen LogP contribution is -2.51. The molecule has 0 spiro atoms. The molecule has 6 nitrogen and oxygen atoms in total. The number of furan rings is 1. The number of rotatable bonds is 3. The average Bonchev–Trinajstić information content (AvgIpc) is 3.03. The number of nitrogens with zero attached hydrogens (tertiary/aromatic N) is 2.